The van der Waals surface area contributed by atoms with E-state index in [4.69, 9.17) is 4.74 Å². The second-order valence-corrected chi connectivity index (χ2v) is 5.39. The van der Waals surface area contributed by atoms with Gasteiger partial charge in [0.25, 0.3) is 0 Å². The standard InChI is InChI=1S/C19H25NO2/c1-2-13-20-14-18(21)15-22-19(16-9-5-3-6-10-16)17-11-7-4-8-12-17/h3-12,18-21H,2,13-15H2,1H3/t18-/m1/s1. The first-order chi connectivity index (χ1) is 10.8. The van der Waals surface area contributed by atoms with E-state index in [1.54, 1.807) is 0 Å². The lowest BCUT2D eigenvalue weighted by Gasteiger charge is -2.21. The quantitative estimate of drug-likeness (QED) is 0.699. The number of nitrogens with one attached hydrogen (secondary N) is 1. The summed E-state index contributed by atoms with van der Waals surface area (Å²) in [6, 6.07) is 20.2. The lowest BCUT2D eigenvalue weighted by molar-refractivity contribution is 0.00669. The van der Waals surface area contributed by atoms with Crippen LogP contribution in [-0.2, 0) is 4.74 Å². The van der Waals surface area contributed by atoms with Gasteiger partial charge in [-0.25, -0.2) is 0 Å². The van der Waals surface area contributed by atoms with E-state index in [0.29, 0.717) is 13.2 Å². The first kappa shape index (κ1) is 16.7. The van der Waals surface area contributed by atoms with E-state index in [1.807, 2.05) is 36.4 Å². The van der Waals surface area contributed by atoms with Crippen LogP contribution in [0, 0.1) is 0 Å². The molecule has 2 N–H and O–H groups in total. The summed E-state index contributed by atoms with van der Waals surface area (Å²) in [6.45, 7) is 3.89. The molecule has 0 heterocycles. The first-order valence-electron chi connectivity index (χ1n) is 7.91. The molecule has 0 aliphatic heterocycles. The topological polar surface area (TPSA) is 41.5 Å². The van der Waals surface area contributed by atoms with Crippen molar-refractivity contribution in [1.29, 1.82) is 0 Å². The average Bonchev–Trinajstić information content (AvgIpc) is 2.57. The van der Waals surface area contributed by atoms with Crippen LogP contribution in [0.2, 0.25) is 0 Å². The predicted molar refractivity (Wildman–Crippen MR) is 89.8 cm³/mol. The molecule has 0 aromatic heterocycles. The van der Waals surface area contributed by atoms with Crippen molar-refractivity contribution >= 4 is 0 Å². The second kappa shape index (κ2) is 9.36. The Kier molecular flexibility index (Phi) is 7.10. The Hall–Kier alpha value is -1.68. The molecule has 3 nitrogen and oxygen atoms in total. The van der Waals surface area contributed by atoms with Crippen LogP contribution in [0.25, 0.3) is 0 Å². The molecule has 2 aromatic rings. The summed E-state index contributed by atoms with van der Waals surface area (Å²) in [7, 11) is 0. The van der Waals surface area contributed by atoms with Gasteiger partial charge in [0.2, 0.25) is 0 Å². The van der Waals surface area contributed by atoms with E-state index in [-0.39, 0.29) is 6.10 Å². The fraction of sp³-hybridized carbons (Fsp3) is 0.368. The van der Waals surface area contributed by atoms with Crippen molar-refractivity contribution < 1.29 is 9.84 Å². The fourth-order valence-electron chi connectivity index (χ4n) is 2.35. The smallest absolute Gasteiger partial charge is 0.108 e. The van der Waals surface area contributed by atoms with Crippen LogP contribution in [-0.4, -0.2) is 30.9 Å². The molecule has 3 heteroatoms. The monoisotopic (exact) mass is 299 g/mol. The number of benzene rings is 2. The molecule has 118 valence electrons. The Morgan fingerprint density at radius 2 is 1.50 bits per heavy atom. The molecule has 0 aliphatic rings. The van der Waals surface area contributed by atoms with Gasteiger partial charge < -0.3 is 15.2 Å². The molecule has 0 saturated heterocycles. The second-order valence-electron chi connectivity index (χ2n) is 5.39. The van der Waals surface area contributed by atoms with Gasteiger partial charge in [0.1, 0.15) is 6.10 Å². The van der Waals surface area contributed by atoms with Gasteiger partial charge >= 0.3 is 0 Å². The SMILES string of the molecule is CCCNC[C@@H](O)COC(c1ccccc1)c1ccccc1. The Balaban J connectivity index is 2.00. The molecule has 2 aromatic carbocycles. The number of hydrogen-bond acceptors (Lipinski definition) is 3. The molecule has 0 saturated carbocycles. The van der Waals surface area contributed by atoms with Gasteiger partial charge in [0.15, 0.2) is 0 Å². The van der Waals surface area contributed by atoms with E-state index in [9.17, 15) is 5.11 Å². The van der Waals surface area contributed by atoms with Gasteiger partial charge in [-0.15, -0.1) is 0 Å². The maximum atomic E-state index is 10.0. The summed E-state index contributed by atoms with van der Waals surface area (Å²) in [4.78, 5) is 0. The molecule has 0 amide bonds. The Bertz CT molecular complexity index is 476. The van der Waals surface area contributed by atoms with Crippen LogP contribution in [0.5, 0.6) is 0 Å². The highest BCUT2D eigenvalue weighted by molar-refractivity contribution is 5.29. The van der Waals surface area contributed by atoms with Gasteiger partial charge in [0, 0.05) is 6.54 Å². The molecule has 0 fully saturated rings. The summed E-state index contributed by atoms with van der Waals surface area (Å²) < 4.78 is 6.02. The number of hydrogen-bond donors (Lipinski definition) is 2. The molecule has 1 atom stereocenters. The normalized spacial score (nSPS) is 12.5. The van der Waals surface area contributed by atoms with Gasteiger partial charge in [-0.1, -0.05) is 67.6 Å². The number of ether oxygens (including phenoxy) is 1. The van der Waals surface area contributed by atoms with Crippen LogP contribution in [0.4, 0.5) is 0 Å². The van der Waals surface area contributed by atoms with Gasteiger partial charge in [-0.3, -0.25) is 0 Å². The van der Waals surface area contributed by atoms with Crippen LogP contribution >= 0.6 is 0 Å². The highest BCUT2D eigenvalue weighted by Crippen LogP contribution is 2.25. The summed E-state index contributed by atoms with van der Waals surface area (Å²) in [6.07, 6.45) is 0.411. The van der Waals surface area contributed by atoms with E-state index in [2.05, 4.69) is 36.5 Å². The molecule has 0 unspecified atom stereocenters. The Morgan fingerprint density at radius 1 is 0.955 bits per heavy atom. The third-order valence-electron chi connectivity index (χ3n) is 3.47. The molecular formula is C19H25NO2. The van der Waals surface area contributed by atoms with Gasteiger partial charge in [0.05, 0.1) is 12.7 Å². The molecule has 22 heavy (non-hydrogen) atoms. The minimum Gasteiger partial charge on any atom is -0.389 e. The summed E-state index contributed by atoms with van der Waals surface area (Å²) in [5, 5.41) is 13.2. The highest BCUT2D eigenvalue weighted by Gasteiger charge is 2.16. The number of rotatable bonds is 9. The predicted octanol–water partition coefficient (Wildman–Crippen LogP) is 3.15. The van der Waals surface area contributed by atoms with Crippen molar-refractivity contribution in [2.75, 3.05) is 19.7 Å². The van der Waals surface area contributed by atoms with Crippen molar-refractivity contribution in [3.05, 3.63) is 71.8 Å². The Morgan fingerprint density at radius 3 is 2.00 bits per heavy atom. The van der Waals surface area contributed by atoms with Crippen LogP contribution in [0.3, 0.4) is 0 Å². The van der Waals surface area contributed by atoms with Crippen molar-refractivity contribution in [2.24, 2.45) is 0 Å². The van der Waals surface area contributed by atoms with Crippen LogP contribution in [0.1, 0.15) is 30.6 Å². The zero-order valence-electron chi connectivity index (χ0n) is 13.1. The lowest BCUT2D eigenvalue weighted by atomic mass is 10.0. The molecular weight excluding hydrogens is 274 g/mol. The van der Waals surface area contributed by atoms with E-state index < -0.39 is 6.10 Å². The largest absolute Gasteiger partial charge is 0.389 e. The molecule has 0 bridgehead atoms. The highest BCUT2D eigenvalue weighted by atomic mass is 16.5. The summed E-state index contributed by atoms with van der Waals surface area (Å²) in [5.41, 5.74) is 2.20. The third-order valence-corrected chi connectivity index (χ3v) is 3.47. The zero-order valence-corrected chi connectivity index (χ0v) is 13.1. The lowest BCUT2D eigenvalue weighted by Crippen LogP contribution is -2.31. The zero-order chi connectivity index (χ0) is 15.6. The fourth-order valence-corrected chi connectivity index (χ4v) is 2.35. The van der Waals surface area contributed by atoms with E-state index in [1.165, 1.54) is 0 Å². The summed E-state index contributed by atoms with van der Waals surface area (Å²) in [5.74, 6) is 0. The molecule has 0 radical (unpaired) electrons. The molecule has 0 aliphatic carbocycles. The number of aliphatic hydroxyl groups excluding tert-OH is 1. The average molecular weight is 299 g/mol. The van der Waals surface area contributed by atoms with Crippen molar-refractivity contribution in [3.63, 3.8) is 0 Å². The molecule has 2 rings (SSSR count). The first-order valence-corrected chi connectivity index (χ1v) is 7.91. The van der Waals surface area contributed by atoms with Crippen molar-refractivity contribution in [3.8, 4) is 0 Å². The number of aliphatic hydroxyl groups is 1. The maximum Gasteiger partial charge on any atom is 0.108 e. The van der Waals surface area contributed by atoms with E-state index >= 15 is 0 Å². The van der Waals surface area contributed by atoms with Gasteiger partial charge in [-0.05, 0) is 24.1 Å². The minimum atomic E-state index is -0.499. The Labute approximate surface area is 133 Å². The van der Waals surface area contributed by atoms with Crippen LogP contribution in [0.15, 0.2) is 60.7 Å². The van der Waals surface area contributed by atoms with Crippen molar-refractivity contribution in [1.82, 2.24) is 5.32 Å². The van der Waals surface area contributed by atoms with Crippen molar-refractivity contribution in [2.45, 2.75) is 25.6 Å². The van der Waals surface area contributed by atoms with Crippen LogP contribution < -0.4 is 5.32 Å². The maximum absolute atomic E-state index is 10.0. The summed E-state index contributed by atoms with van der Waals surface area (Å²) >= 11 is 0. The van der Waals surface area contributed by atoms with E-state index in [0.717, 1.165) is 24.1 Å². The third kappa shape index (κ3) is 5.26. The molecule has 0 spiro atoms. The van der Waals surface area contributed by atoms with Gasteiger partial charge in [-0.2, -0.15) is 0 Å². The minimum absolute atomic E-state index is 0.150.